The summed E-state index contributed by atoms with van der Waals surface area (Å²) in [5.74, 6) is 0.974. The van der Waals surface area contributed by atoms with E-state index in [2.05, 4.69) is 9.97 Å². The molecule has 5 nitrogen and oxygen atoms in total. The minimum Gasteiger partial charge on any atom is -0.369 e. The van der Waals surface area contributed by atoms with Gasteiger partial charge in [-0.1, -0.05) is 0 Å². The molecule has 2 rings (SSSR count). The predicted molar refractivity (Wildman–Crippen MR) is 70.3 cm³/mol. The molecule has 2 N–H and O–H groups in total. The molecule has 17 heavy (non-hydrogen) atoms. The van der Waals surface area contributed by atoms with Crippen molar-refractivity contribution in [2.24, 2.45) is 0 Å². The number of aryl methyl sites for hydroxylation is 1. The molecule has 0 aromatic carbocycles. The second-order valence-electron chi connectivity index (χ2n) is 4.22. The van der Waals surface area contributed by atoms with Gasteiger partial charge in [-0.15, -0.1) is 0 Å². The first-order chi connectivity index (χ1) is 7.99. The Bertz CT molecular complexity index is 578. The van der Waals surface area contributed by atoms with Gasteiger partial charge in [0.1, 0.15) is 5.52 Å². The van der Waals surface area contributed by atoms with Crippen LogP contribution in [0.1, 0.15) is 18.7 Å². The van der Waals surface area contributed by atoms with E-state index in [9.17, 15) is 4.21 Å². The van der Waals surface area contributed by atoms with Gasteiger partial charge in [-0.25, -0.2) is 9.97 Å². The Morgan fingerprint density at radius 1 is 1.47 bits per heavy atom. The summed E-state index contributed by atoms with van der Waals surface area (Å²) >= 11 is 0. The monoisotopic (exact) mass is 252 g/mol. The van der Waals surface area contributed by atoms with Crippen molar-refractivity contribution in [2.45, 2.75) is 19.9 Å². The highest BCUT2D eigenvalue weighted by molar-refractivity contribution is 7.84. The van der Waals surface area contributed by atoms with Crippen molar-refractivity contribution >= 4 is 27.9 Å². The number of pyridine rings is 1. The van der Waals surface area contributed by atoms with Gasteiger partial charge in [0.15, 0.2) is 5.65 Å². The fourth-order valence-corrected chi connectivity index (χ4v) is 2.76. The summed E-state index contributed by atoms with van der Waals surface area (Å²) < 4.78 is 13.1. The van der Waals surface area contributed by atoms with Crippen LogP contribution < -0.4 is 5.73 Å². The zero-order valence-corrected chi connectivity index (χ0v) is 11.0. The number of hydrogen-bond donors (Lipinski definition) is 1. The van der Waals surface area contributed by atoms with Crippen LogP contribution in [0, 0.1) is 6.92 Å². The van der Waals surface area contributed by atoms with E-state index in [0.29, 0.717) is 11.7 Å². The minimum absolute atomic E-state index is 0.0279. The first kappa shape index (κ1) is 12.0. The number of rotatable bonds is 3. The Labute approximate surface area is 103 Å². The maximum absolute atomic E-state index is 11.3. The highest BCUT2D eigenvalue weighted by Crippen LogP contribution is 2.21. The number of imidazole rings is 1. The van der Waals surface area contributed by atoms with Crippen LogP contribution in [-0.2, 0) is 10.8 Å². The zero-order valence-electron chi connectivity index (χ0n) is 10.2. The Kier molecular flexibility index (Phi) is 3.15. The maximum Gasteiger partial charge on any atom is 0.202 e. The average Bonchev–Trinajstić information content (AvgIpc) is 2.52. The topological polar surface area (TPSA) is 73.8 Å². The van der Waals surface area contributed by atoms with Crippen LogP contribution in [0.25, 0.3) is 11.2 Å². The molecule has 2 aromatic rings. The molecule has 0 saturated heterocycles. The van der Waals surface area contributed by atoms with Gasteiger partial charge in [0.25, 0.3) is 0 Å². The number of nitrogens with two attached hydrogens (primary N) is 1. The normalized spacial score (nSPS) is 15.0. The lowest BCUT2D eigenvalue weighted by Crippen LogP contribution is -2.15. The van der Waals surface area contributed by atoms with E-state index in [1.165, 1.54) is 0 Å². The van der Waals surface area contributed by atoms with Gasteiger partial charge in [0.05, 0.1) is 0 Å². The smallest absolute Gasteiger partial charge is 0.202 e. The van der Waals surface area contributed by atoms with Crippen molar-refractivity contribution in [3.05, 3.63) is 17.8 Å². The third kappa shape index (κ3) is 2.31. The van der Waals surface area contributed by atoms with Crippen molar-refractivity contribution in [1.29, 1.82) is 0 Å². The highest BCUT2D eigenvalue weighted by Gasteiger charge is 2.16. The summed E-state index contributed by atoms with van der Waals surface area (Å²) in [5.41, 5.74) is 8.36. The quantitative estimate of drug-likeness (QED) is 0.892. The number of fused-ring (bicyclic) bond motifs is 1. The fraction of sp³-hybridized carbons (Fsp3) is 0.455. The molecule has 0 saturated carbocycles. The summed E-state index contributed by atoms with van der Waals surface area (Å²) in [5, 5.41) is 0. The van der Waals surface area contributed by atoms with E-state index in [4.69, 9.17) is 5.73 Å². The van der Waals surface area contributed by atoms with Crippen LogP contribution in [-0.4, -0.2) is 30.8 Å². The van der Waals surface area contributed by atoms with Gasteiger partial charge in [-0.2, -0.15) is 0 Å². The van der Waals surface area contributed by atoms with Crippen LogP contribution in [0.2, 0.25) is 0 Å². The lowest BCUT2D eigenvalue weighted by Gasteiger charge is -2.13. The molecular weight excluding hydrogens is 236 g/mol. The molecule has 0 spiro atoms. The van der Waals surface area contributed by atoms with Crippen molar-refractivity contribution < 1.29 is 4.21 Å². The molecule has 0 aliphatic rings. The van der Waals surface area contributed by atoms with Crippen molar-refractivity contribution in [2.75, 3.05) is 17.7 Å². The molecule has 0 fully saturated rings. The molecule has 0 radical (unpaired) electrons. The second-order valence-corrected chi connectivity index (χ2v) is 5.70. The highest BCUT2D eigenvalue weighted by atomic mass is 32.2. The Morgan fingerprint density at radius 3 is 2.82 bits per heavy atom. The summed E-state index contributed by atoms with van der Waals surface area (Å²) in [6.07, 6.45) is 1.69. The van der Waals surface area contributed by atoms with Crippen molar-refractivity contribution in [1.82, 2.24) is 14.5 Å². The van der Waals surface area contributed by atoms with E-state index in [-0.39, 0.29) is 6.04 Å². The molecule has 0 aliphatic carbocycles. The number of nitrogen functional groups attached to an aromatic ring is 1. The molecule has 0 aliphatic heterocycles. The number of hydrogen-bond acceptors (Lipinski definition) is 4. The van der Waals surface area contributed by atoms with Gasteiger partial charge >= 0.3 is 0 Å². The van der Waals surface area contributed by atoms with Gasteiger partial charge < -0.3 is 5.73 Å². The minimum atomic E-state index is -0.869. The van der Waals surface area contributed by atoms with E-state index in [1.807, 2.05) is 30.5 Å². The SMILES string of the molecule is Cc1ccc2nc(N)n(C(C)CS(C)=O)c2n1. The standard InChI is InChI=1S/C11H16N4OS/c1-7-4-5-9-10(13-7)15(11(12)14-9)8(2)6-17(3)16/h4-5,8H,6H2,1-3H3,(H2,12,14). The number of aromatic nitrogens is 3. The van der Waals surface area contributed by atoms with Gasteiger partial charge in [-0.3, -0.25) is 8.78 Å². The van der Waals surface area contributed by atoms with Crippen LogP contribution in [0.15, 0.2) is 12.1 Å². The van der Waals surface area contributed by atoms with E-state index in [0.717, 1.165) is 16.9 Å². The molecule has 2 unspecified atom stereocenters. The maximum atomic E-state index is 11.3. The Hall–Kier alpha value is -1.43. The van der Waals surface area contributed by atoms with Crippen LogP contribution >= 0.6 is 0 Å². The third-order valence-corrected chi connectivity index (χ3v) is 3.57. The van der Waals surface area contributed by atoms with Crippen molar-refractivity contribution in [3.63, 3.8) is 0 Å². The molecule has 92 valence electrons. The summed E-state index contributed by atoms with van der Waals surface area (Å²) in [4.78, 5) is 8.71. The number of nitrogens with zero attached hydrogens (tertiary/aromatic N) is 3. The second kappa shape index (κ2) is 4.44. The third-order valence-electron chi connectivity index (χ3n) is 2.62. The molecular formula is C11H16N4OS. The Morgan fingerprint density at radius 2 is 2.18 bits per heavy atom. The summed E-state index contributed by atoms with van der Waals surface area (Å²) in [7, 11) is -0.869. The molecule has 6 heteroatoms. The van der Waals surface area contributed by atoms with Crippen LogP contribution in [0.4, 0.5) is 5.95 Å². The van der Waals surface area contributed by atoms with Gasteiger partial charge in [0, 0.05) is 34.5 Å². The van der Waals surface area contributed by atoms with Crippen molar-refractivity contribution in [3.8, 4) is 0 Å². The van der Waals surface area contributed by atoms with Gasteiger partial charge in [0.2, 0.25) is 5.95 Å². The van der Waals surface area contributed by atoms with Gasteiger partial charge in [-0.05, 0) is 26.0 Å². The summed E-state index contributed by atoms with van der Waals surface area (Å²) in [6.45, 7) is 3.90. The largest absolute Gasteiger partial charge is 0.369 e. The van der Waals surface area contributed by atoms with E-state index in [1.54, 1.807) is 6.26 Å². The van der Waals surface area contributed by atoms with E-state index < -0.39 is 10.8 Å². The van der Waals surface area contributed by atoms with Crippen LogP contribution in [0.3, 0.4) is 0 Å². The molecule has 0 bridgehead atoms. The lowest BCUT2D eigenvalue weighted by molar-refractivity contribution is 0.615. The first-order valence-corrected chi connectivity index (χ1v) is 7.13. The summed E-state index contributed by atoms with van der Waals surface area (Å²) in [6, 6.07) is 3.84. The average molecular weight is 252 g/mol. The molecule has 2 heterocycles. The molecule has 0 amide bonds. The first-order valence-electron chi connectivity index (χ1n) is 5.40. The predicted octanol–water partition coefficient (Wildman–Crippen LogP) is 1.26. The molecule has 2 aromatic heterocycles. The zero-order chi connectivity index (χ0) is 12.6. The molecule has 2 atom stereocenters. The number of anilines is 1. The van der Waals surface area contributed by atoms with Crippen LogP contribution in [0.5, 0.6) is 0 Å². The fourth-order valence-electron chi connectivity index (χ4n) is 1.93. The van der Waals surface area contributed by atoms with E-state index >= 15 is 0 Å². The Balaban J connectivity index is 2.55. The lowest BCUT2D eigenvalue weighted by atomic mass is 10.3.